The van der Waals surface area contributed by atoms with Gasteiger partial charge in [0.25, 0.3) is 0 Å². The van der Waals surface area contributed by atoms with E-state index in [1.165, 1.54) is 0 Å². The van der Waals surface area contributed by atoms with Crippen molar-refractivity contribution >= 4 is 58.0 Å². The van der Waals surface area contributed by atoms with Gasteiger partial charge in [0.15, 0.2) is 0 Å². The van der Waals surface area contributed by atoms with E-state index in [4.69, 9.17) is 19.8 Å². The molecule has 0 aromatic carbocycles. The number of carboxylic acid groups (broad SMARTS) is 2. The fraction of sp³-hybridized carbons (Fsp3) is 0.500. The molecule has 8 nitrogen and oxygen atoms in total. The summed E-state index contributed by atoms with van der Waals surface area (Å²) in [6, 6.07) is 0. The Labute approximate surface area is 113 Å². The van der Waals surface area contributed by atoms with E-state index in [-0.39, 0.29) is 68.0 Å². The quantitative estimate of drug-likeness (QED) is 0.377. The van der Waals surface area contributed by atoms with E-state index in [1.54, 1.807) is 0 Å². The molecule has 10 heteroatoms. The number of carboxylic acids is 2. The molecule has 80 valence electrons. The van der Waals surface area contributed by atoms with Crippen LogP contribution in [0.25, 0.3) is 0 Å². The van der Waals surface area contributed by atoms with Gasteiger partial charge in [-0.2, -0.15) is 0 Å². The molecule has 0 heterocycles. The molecule has 14 heavy (non-hydrogen) atoms. The Balaban J connectivity index is -0.00000000600. The average Bonchev–Trinajstić information content (AvgIpc) is 1.25. The molecule has 0 aliphatic carbocycles. The predicted molar refractivity (Wildman–Crippen MR) is 47.3 cm³/mol. The first-order chi connectivity index (χ1) is 3.46. The minimum absolute atomic E-state index is 0. The van der Waals surface area contributed by atoms with Crippen molar-refractivity contribution in [2.45, 2.75) is 13.8 Å². The van der Waals surface area contributed by atoms with Gasteiger partial charge >= 0.3 is 46.1 Å². The van der Waals surface area contributed by atoms with Gasteiger partial charge in [-0.05, 0) is 13.8 Å². The van der Waals surface area contributed by atoms with Gasteiger partial charge in [0.05, 0.1) is 0 Å². The first kappa shape index (κ1) is 63.7. The Morgan fingerprint density at radius 1 is 0.714 bits per heavy atom. The fourth-order valence-electron chi connectivity index (χ4n) is 0. The van der Waals surface area contributed by atoms with Crippen LogP contribution in [0, 0.1) is 0 Å². The SMILES string of the molecule is CC(=O)[O-].CC(=O)[O-].O.O.O.O.[Mg+2].[Mg+2]. The largest absolute Gasteiger partial charge is 2.00 e. The minimum Gasteiger partial charge on any atom is -0.550 e. The summed E-state index contributed by atoms with van der Waals surface area (Å²) >= 11 is 0. The average molecular weight is 239 g/mol. The summed E-state index contributed by atoms with van der Waals surface area (Å²) in [6.45, 7) is 1.94. The standard InChI is InChI=1S/2C2H4O2.2Mg.4H2O/c2*1-2(3)4;;;;;;/h2*1H3,(H,3,4);;;4*1H2/q;;2*+2;;;;/p-2. The van der Waals surface area contributed by atoms with Crippen LogP contribution in [0.5, 0.6) is 0 Å². The molecule has 0 aromatic heterocycles. The molecule has 0 unspecified atom stereocenters. The van der Waals surface area contributed by atoms with Crippen LogP contribution >= 0.6 is 0 Å². The molecule has 0 fully saturated rings. The maximum absolute atomic E-state index is 8.89. The van der Waals surface area contributed by atoms with Gasteiger partial charge in [-0.15, -0.1) is 0 Å². The van der Waals surface area contributed by atoms with E-state index >= 15 is 0 Å². The molecule has 0 saturated heterocycles. The third-order valence-corrected chi connectivity index (χ3v) is 0. The molecule has 0 spiro atoms. The van der Waals surface area contributed by atoms with Gasteiger partial charge in [0, 0.05) is 11.9 Å². The molecular weight excluding hydrogens is 225 g/mol. The smallest absolute Gasteiger partial charge is 0.550 e. The first-order valence-corrected chi connectivity index (χ1v) is 1.82. The van der Waals surface area contributed by atoms with Crippen LogP contribution in [-0.4, -0.2) is 79.9 Å². The normalized spacial score (nSPS) is 3.57. The summed E-state index contributed by atoms with van der Waals surface area (Å²) < 4.78 is 0. The summed E-state index contributed by atoms with van der Waals surface area (Å²) in [5.74, 6) is -2.17. The van der Waals surface area contributed by atoms with Crippen LogP contribution in [0.15, 0.2) is 0 Å². The second-order valence-electron chi connectivity index (χ2n) is 0.983. The molecule has 8 N–H and O–H groups in total. The van der Waals surface area contributed by atoms with Crippen molar-refractivity contribution < 1.29 is 41.7 Å². The molecule has 0 aliphatic heterocycles. The molecule has 0 radical (unpaired) electrons. The van der Waals surface area contributed by atoms with Crippen LogP contribution in [0.3, 0.4) is 0 Å². The fourth-order valence-corrected chi connectivity index (χ4v) is 0. The summed E-state index contributed by atoms with van der Waals surface area (Å²) in [7, 11) is 0. The monoisotopic (exact) mass is 238 g/mol. The molecule has 0 aliphatic rings. The Morgan fingerprint density at radius 3 is 0.714 bits per heavy atom. The maximum Gasteiger partial charge on any atom is 2.00 e. The zero-order valence-corrected chi connectivity index (χ0v) is 10.9. The van der Waals surface area contributed by atoms with Gasteiger partial charge in [0.2, 0.25) is 0 Å². The molecule has 0 rings (SSSR count). The number of rotatable bonds is 0. The van der Waals surface area contributed by atoms with Crippen molar-refractivity contribution in [1.82, 2.24) is 0 Å². The van der Waals surface area contributed by atoms with E-state index < -0.39 is 11.9 Å². The maximum atomic E-state index is 8.89. The van der Waals surface area contributed by atoms with Crippen molar-refractivity contribution in [1.29, 1.82) is 0 Å². The van der Waals surface area contributed by atoms with E-state index in [0.29, 0.717) is 0 Å². The van der Waals surface area contributed by atoms with Crippen molar-refractivity contribution in [2.24, 2.45) is 0 Å². The number of hydrogen-bond acceptors (Lipinski definition) is 4. The van der Waals surface area contributed by atoms with Gasteiger partial charge < -0.3 is 41.7 Å². The van der Waals surface area contributed by atoms with Crippen molar-refractivity contribution in [3.8, 4) is 0 Å². The number of carbonyl (C=O) groups excluding carboxylic acids is 2. The Kier molecular flexibility index (Phi) is 230. The molecule has 0 bridgehead atoms. The van der Waals surface area contributed by atoms with E-state index in [1.807, 2.05) is 0 Å². The number of aliphatic carboxylic acids is 2. The third kappa shape index (κ3) is 16100. The Hall–Kier alpha value is 0.312. The van der Waals surface area contributed by atoms with Gasteiger partial charge in [-0.3, -0.25) is 0 Å². The number of hydrogen-bond donors (Lipinski definition) is 0. The minimum atomic E-state index is -1.08. The summed E-state index contributed by atoms with van der Waals surface area (Å²) in [5.41, 5.74) is 0. The van der Waals surface area contributed by atoms with Crippen LogP contribution in [0.4, 0.5) is 0 Å². The van der Waals surface area contributed by atoms with E-state index in [2.05, 4.69) is 0 Å². The first-order valence-electron chi connectivity index (χ1n) is 1.82. The zero-order chi connectivity index (χ0) is 7.15. The molecule has 0 saturated carbocycles. The number of carbonyl (C=O) groups is 2. The third-order valence-electron chi connectivity index (χ3n) is 0. The van der Waals surface area contributed by atoms with Crippen molar-refractivity contribution in [3.63, 3.8) is 0 Å². The Bertz CT molecular complexity index is 77.3. The van der Waals surface area contributed by atoms with Gasteiger partial charge in [-0.25, -0.2) is 0 Å². The second-order valence-corrected chi connectivity index (χ2v) is 0.983. The second kappa shape index (κ2) is 50.6. The van der Waals surface area contributed by atoms with E-state index in [0.717, 1.165) is 13.8 Å². The van der Waals surface area contributed by atoms with Crippen LogP contribution in [-0.2, 0) is 9.59 Å². The molecular formula is C4H14Mg2O8+2. The van der Waals surface area contributed by atoms with Crippen molar-refractivity contribution in [2.75, 3.05) is 0 Å². The predicted octanol–water partition coefficient (Wildman–Crippen LogP) is -6.55. The molecule has 0 atom stereocenters. The van der Waals surface area contributed by atoms with Crippen LogP contribution < -0.4 is 10.2 Å². The topological polar surface area (TPSA) is 206 Å². The summed E-state index contributed by atoms with van der Waals surface area (Å²) in [5, 5.41) is 17.8. The summed E-state index contributed by atoms with van der Waals surface area (Å²) in [4.78, 5) is 17.8. The molecule has 0 aromatic rings. The Morgan fingerprint density at radius 2 is 0.714 bits per heavy atom. The van der Waals surface area contributed by atoms with Gasteiger partial charge in [-0.1, -0.05) is 0 Å². The summed E-state index contributed by atoms with van der Waals surface area (Å²) in [6.07, 6.45) is 0. The van der Waals surface area contributed by atoms with E-state index in [9.17, 15) is 0 Å². The van der Waals surface area contributed by atoms with Gasteiger partial charge in [0.1, 0.15) is 0 Å². The van der Waals surface area contributed by atoms with Crippen LogP contribution in [0.2, 0.25) is 0 Å². The zero-order valence-electron chi connectivity index (χ0n) is 8.05. The van der Waals surface area contributed by atoms with Crippen LogP contribution in [0.1, 0.15) is 13.8 Å². The van der Waals surface area contributed by atoms with Crippen molar-refractivity contribution in [3.05, 3.63) is 0 Å². The molecule has 0 amide bonds.